The largest absolute Gasteiger partial charge is 0.325 e. The number of amidine groups is 1. The van der Waals surface area contributed by atoms with Crippen molar-refractivity contribution in [2.24, 2.45) is 10.9 Å². The molecule has 0 fully saturated rings. The number of nitrogens with zero attached hydrogens (tertiary/aromatic N) is 1. The highest BCUT2D eigenvalue weighted by molar-refractivity contribution is 14.0. The van der Waals surface area contributed by atoms with Crippen LogP contribution in [0.25, 0.3) is 0 Å². The number of hydrogen-bond acceptors (Lipinski definition) is 3. The minimum atomic E-state index is 0. The first-order valence-corrected chi connectivity index (χ1v) is 1.98. The molecule has 0 aromatic carbocycles. The van der Waals surface area contributed by atoms with E-state index in [0.29, 0.717) is 0 Å². The van der Waals surface area contributed by atoms with Gasteiger partial charge in [-0.3, -0.25) is 5.41 Å². The highest BCUT2D eigenvalue weighted by Crippen LogP contribution is 1.65. The summed E-state index contributed by atoms with van der Waals surface area (Å²) < 4.78 is 0. The monoisotopic (exact) mass is 246 g/mol. The molecule has 0 saturated carbocycles. The second kappa shape index (κ2) is 7.02. The van der Waals surface area contributed by atoms with Gasteiger partial charge in [0.1, 0.15) is 6.34 Å². The molecule has 0 heterocycles. The summed E-state index contributed by atoms with van der Waals surface area (Å²) in [5, 5.41) is 12.0. The molecular weight excluding hydrogens is 239 g/mol. The summed E-state index contributed by atoms with van der Waals surface area (Å²) in [6.07, 6.45) is 1.18. The molecule has 0 aliphatic heterocycles. The molecule has 0 amide bonds. The lowest BCUT2D eigenvalue weighted by atomic mass is 11.1. The topological polar surface area (TPSA) is 74.3 Å². The third-order valence-electron chi connectivity index (χ3n) is 0.276. The van der Waals surface area contributed by atoms with E-state index in [9.17, 15) is 0 Å². The molecule has 0 bridgehead atoms. The first-order valence-electron chi connectivity index (χ1n) is 1.53. The van der Waals surface area contributed by atoms with Crippen molar-refractivity contribution in [1.82, 2.24) is 5.32 Å². The van der Waals surface area contributed by atoms with E-state index in [1.165, 1.54) is 6.34 Å². The Bertz CT molecular complexity index is 92.0. The molecule has 0 aromatic heterocycles. The number of nitrogens with two attached hydrogens (primary N) is 1. The van der Waals surface area contributed by atoms with Crippen LogP contribution < -0.4 is 11.2 Å². The van der Waals surface area contributed by atoms with Gasteiger partial charge in [0, 0.05) is 0 Å². The zero-order valence-corrected chi connectivity index (χ0v) is 7.18. The van der Waals surface area contributed by atoms with Crippen LogP contribution in [0.5, 0.6) is 0 Å². The summed E-state index contributed by atoms with van der Waals surface area (Å²) in [5.41, 5.74) is 0. The van der Waals surface area contributed by atoms with E-state index in [1.807, 2.05) is 0 Å². The van der Waals surface area contributed by atoms with Gasteiger partial charge in [0.15, 0.2) is 5.17 Å². The zero-order chi connectivity index (χ0) is 5.70. The Kier molecular flexibility index (Phi) is 9.57. The summed E-state index contributed by atoms with van der Waals surface area (Å²) in [6.45, 7) is 0. The van der Waals surface area contributed by atoms with Gasteiger partial charge in [0.2, 0.25) is 0 Å². The van der Waals surface area contributed by atoms with Gasteiger partial charge in [-0.1, -0.05) is 0 Å². The van der Waals surface area contributed by atoms with E-state index in [1.54, 1.807) is 0 Å². The summed E-state index contributed by atoms with van der Waals surface area (Å²) >= 11 is 3.56. The van der Waals surface area contributed by atoms with Crippen LogP contribution >= 0.6 is 36.6 Å². The average molecular weight is 246 g/mol. The fraction of sp³-hybridized carbons (Fsp3) is 0. The standard InChI is InChI=1S/C2H6N4S.HI/c3-2(7)5-1-6-4;/h1H,4H2,(H3,3,5,6,7);1H. The van der Waals surface area contributed by atoms with Crippen LogP contribution in [0, 0.1) is 5.41 Å². The lowest BCUT2D eigenvalue weighted by Gasteiger charge is -1.87. The van der Waals surface area contributed by atoms with Crippen LogP contribution in [0.4, 0.5) is 0 Å². The van der Waals surface area contributed by atoms with Crippen LogP contribution in [-0.2, 0) is 0 Å². The normalized spacial score (nSPS) is 8.12. The van der Waals surface area contributed by atoms with Crippen molar-refractivity contribution in [3.63, 3.8) is 0 Å². The number of rotatable bonds is 1. The number of hydrazone groups is 1. The van der Waals surface area contributed by atoms with E-state index >= 15 is 0 Å². The van der Waals surface area contributed by atoms with Crippen molar-refractivity contribution in [1.29, 1.82) is 5.41 Å². The molecule has 0 aliphatic rings. The molecule has 4 N–H and O–H groups in total. The van der Waals surface area contributed by atoms with Crippen molar-refractivity contribution in [3.8, 4) is 0 Å². The SMILES string of the molecule is I.N=C(S)N/C=N\N. The van der Waals surface area contributed by atoms with Gasteiger partial charge in [0.05, 0.1) is 0 Å². The van der Waals surface area contributed by atoms with Crippen molar-refractivity contribution >= 4 is 48.1 Å². The Labute approximate surface area is 69.8 Å². The predicted octanol–water partition coefficient (Wildman–Crippen LogP) is -0.0394. The summed E-state index contributed by atoms with van der Waals surface area (Å²) in [7, 11) is 0. The van der Waals surface area contributed by atoms with Crippen molar-refractivity contribution in [2.45, 2.75) is 0 Å². The molecule has 0 unspecified atom stereocenters. The van der Waals surface area contributed by atoms with Crippen LogP contribution in [-0.4, -0.2) is 11.5 Å². The molecular formula is C2H7IN4S. The number of nitrogens with one attached hydrogen (secondary N) is 2. The second-order valence-electron chi connectivity index (χ2n) is 0.771. The highest BCUT2D eigenvalue weighted by atomic mass is 127. The van der Waals surface area contributed by atoms with Crippen molar-refractivity contribution < 1.29 is 0 Å². The summed E-state index contributed by atoms with van der Waals surface area (Å²) in [5.74, 6) is 4.65. The molecule has 0 saturated heterocycles. The third-order valence-corrected chi connectivity index (χ3v) is 0.405. The zero-order valence-electron chi connectivity index (χ0n) is 3.96. The molecule has 8 heavy (non-hydrogen) atoms. The Morgan fingerprint density at radius 1 is 1.88 bits per heavy atom. The fourth-order valence-corrected chi connectivity index (χ4v) is 0.156. The van der Waals surface area contributed by atoms with Crippen LogP contribution in [0.3, 0.4) is 0 Å². The van der Waals surface area contributed by atoms with Crippen LogP contribution in [0.2, 0.25) is 0 Å². The van der Waals surface area contributed by atoms with E-state index in [4.69, 9.17) is 5.41 Å². The maximum Gasteiger partial charge on any atom is 0.155 e. The predicted molar refractivity (Wildman–Crippen MR) is 47.9 cm³/mol. The average Bonchev–Trinajstić information content (AvgIpc) is 1.61. The van der Waals surface area contributed by atoms with E-state index < -0.39 is 0 Å². The van der Waals surface area contributed by atoms with E-state index in [0.717, 1.165) is 0 Å². The molecule has 0 radical (unpaired) electrons. The van der Waals surface area contributed by atoms with Gasteiger partial charge in [-0.2, -0.15) is 5.10 Å². The van der Waals surface area contributed by atoms with Crippen LogP contribution in [0.1, 0.15) is 0 Å². The first-order chi connectivity index (χ1) is 3.27. The Morgan fingerprint density at radius 2 is 2.38 bits per heavy atom. The molecule has 48 valence electrons. The van der Waals surface area contributed by atoms with E-state index in [2.05, 4.69) is 28.9 Å². The van der Waals surface area contributed by atoms with Gasteiger partial charge < -0.3 is 11.2 Å². The van der Waals surface area contributed by atoms with Gasteiger partial charge >= 0.3 is 0 Å². The summed E-state index contributed by atoms with van der Waals surface area (Å²) in [6, 6.07) is 0. The Morgan fingerprint density at radius 3 is 2.50 bits per heavy atom. The number of halogens is 1. The lowest BCUT2D eigenvalue weighted by molar-refractivity contribution is 1.22. The van der Waals surface area contributed by atoms with Gasteiger partial charge in [-0.15, -0.1) is 36.6 Å². The second-order valence-corrected chi connectivity index (χ2v) is 1.22. The maximum absolute atomic E-state index is 6.60. The molecule has 0 atom stereocenters. The quantitative estimate of drug-likeness (QED) is 0.131. The molecule has 0 rings (SSSR count). The molecule has 0 aliphatic carbocycles. The maximum atomic E-state index is 6.60. The number of thiol groups is 1. The smallest absolute Gasteiger partial charge is 0.155 e. The fourth-order valence-electron chi connectivity index (χ4n) is 0.0984. The molecule has 0 spiro atoms. The van der Waals surface area contributed by atoms with E-state index in [-0.39, 0.29) is 29.1 Å². The van der Waals surface area contributed by atoms with Gasteiger partial charge in [0.25, 0.3) is 0 Å². The lowest BCUT2D eigenvalue weighted by Crippen LogP contribution is -2.14. The molecule has 0 aromatic rings. The minimum Gasteiger partial charge on any atom is -0.325 e. The molecule has 4 nitrogen and oxygen atoms in total. The third kappa shape index (κ3) is 9.39. The first kappa shape index (κ1) is 10.9. The van der Waals surface area contributed by atoms with Crippen molar-refractivity contribution in [3.05, 3.63) is 0 Å². The minimum absolute atomic E-state index is 0. The number of hydrogen-bond donors (Lipinski definition) is 4. The summed E-state index contributed by atoms with van der Waals surface area (Å²) in [4.78, 5) is 0. The Hall–Kier alpha value is 0.0200. The Balaban J connectivity index is 0. The van der Waals surface area contributed by atoms with Crippen molar-refractivity contribution in [2.75, 3.05) is 0 Å². The van der Waals surface area contributed by atoms with Crippen LogP contribution in [0.15, 0.2) is 5.10 Å². The van der Waals surface area contributed by atoms with Gasteiger partial charge in [-0.25, -0.2) is 0 Å². The highest BCUT2D eigenvalue weighted by Gasteiger charge is 1.74. The van der Waals surface area contributed by atoms with Gasteiger partial charge in [-0.05, 0) is 0 Å². The molecule has 6 heteroatoms.